The summed E-state index contributed by atoms with van der Waals surface area (Å²) in [6, 6.07) is 5.66. The lowest BCUT2D eigenvalue weighted by molar-refractivity contribution is 0.465. The fraction of sp³-hybridized carbons (Fsp3) is 0.167. The first kappa shape index (κ1) is 11.5. The van der Waals surface area contributed by atoms with Gasteiger partial charge in [-0.3, -0.25) is 0 Å². The third-order valence-corrected chi connectivity index (χ3v) is 3.90. The van der Waals surface area contributed by atoms with E-state index < -0.39 is 0 Å². The van der Waals surface area contributed by atoms with Crippen LogP contribution in [-0.2, 0) is 6.54 Å². The number of para-hydroxylation sites is 1. The van der Waals surface area contributed by atoms with Crippen LogP contribution in [0.15, 0.2) is 33.4 Å². The Bertz CT molecular complexity index is 496. The lowest BCUT2D eigenvalue weighted by Gasteiger charge is -2.08. The molecule has 2 nitrogen and oxygen atoms in total. The topological polar surface area (TPSA) is 32.3 Å². The molecule has 0 saturated heterocycles. The second-order valence-corrected chi connectivity index (χ2v) is 5.17. The molecule has 0 aliphatic heterocycles. The summed E-state index contributed by atoms with van der Waals surface area (Å²) in [5.74, 6) is 0.308. The van der Waals surface area contributed by atoms with Gasteiger partial charge in [-0.1, -0.05) is 12.1 Å². The summed E-state index contributed by atoms with van der Waals surface area (Å²) in [6.45, 7) is 2.70. The Balaban J connectivity index is 2.11. The van der Waals surface area contributed by atoms with Gasteiger partial charge in [0.2, 0.25) is 0 Å². The zero-order valence-electron chi connectivity index (χ0n) is 8.83. The number of benzene rings is 1. The van der Waals surface area contributed by atoms with Gasteiger partial charge >= 0.3 is 0 Å². The minimum Gasteiger partial charge on any atom is -0.506 e. The van der Waals surface area contributed by atoms with Crippen molar-refractivity contribution in [2.24, 2.45) is 0 Å². The van der Waals surface area contributed by atoms with E-state index in [-0.39, 0.29) is 0 Å². The van der Waals surface area contributed by atoms with E-state index in [2.05, 4.69) is 38.9 Å². The molecule has 2 rings (SSSR count). The van der Waals surface area contributed by atoms with Gasteiger partial charge in [0.15, 0.2) is 0 Å². The van der Waals surface area contributed by atoms with Crippen LogP contribution in [-0.4, -0.2) is 5.11 Å². The number of rotatable bonds is 3. The van der Waals surface area contributed by atoms with E-state index in [1.165, 1.54) is 5.56 Å². The zero-order valence-corrected chi connectivity index (χ0v) is 11.2. The lowest BCUT2D eigenvalue weighted by Crippen LogP contribution is -1.99. The van der Waals surface area contributed by atoms with E-state index >= 15 is 0 Å². The number of hydrogen-bond acceptors (Lipinski definition) is 3. The first-order chi connectivity index (χ1) is 7.68. The number of phenolic OH excluding ortho intramolecular Hbond substituents is 1. The molecule has 0 unspecified atom stereocenters. The SMILES string of the molecule is Cc1cscc1NCc1cccc(Br)c1O. The average molecular weight is 298 g/mol. The third kappa shape index (κ3) is 2.39. The molecule has 4 heteroatoms. The number of aryl methyl sites for hydroxylation is 1. The number of hydrogen-bond donors (Lipinski definition) is 2. The number of anilines is 1. The number of halogens is 1. The number of aromatic hydroxyl groups is 1. The van der Waals surface area contributed by atoms with Gasteiger partial charge in [-0.2, -0.15) is 0 Å². The molecule has 1 aromatic carbocycles. The van der Waals surface area contributed by atoms with Crippen molar-refractivity contribution in [3.63, 3.8) is 0 Å². The monoisotopic (exact) mass is 297 g/mol. The maximum atomic E-state index is 9.81. The summed E-state index contributed by atoms with van der Waals surface area (Å²) in [6.07, 6.45) is 0. The largest absolute Gasteiger partial charge is 0.506 e. The van der Waals surface area contributed by atoms with E-state index in [1.807, 2.05) is 18.2 Å². The van der Waals surface area contributed by atoms with Gasteiger partial charge < -0.3 is 10.4 Å². The summed E-state index contributed by atoms with van der Waals surface area (Å²) < 4.78 is 0.730. The molecule has 0 aliphatic carbocycles. The molecule has 0 radical (unpaired) electrons. The van der Waals surface area contributed by atoms with Crippen LogP contribution in [0.1, 0.15) is 11.1 Å². The van der Waals surface area contributed by atoms with Crippen LogP contribution in [0, 0.1) is 6.92 Å². The third-order valence-electron chi connectivity index (χ3n) is 2.40. The molecule has 84 valence electrons. The molecule has 0 aliphatic rings. The molecule has 0 bridgehead atoms. The van der Waals surface area contributed by atoms with Gasteiger partial charge in [0.05, 0.1) is 4.47 Å². The maximum Gasteiger partial charge on any atom is 0.134 e. The normalized spacial score (nSPS) is 10.4. The lowest BCUT2D eigenvalue weighted by atomic mass is 10.2. The van der Waals surface area contributed by atoms with Crippen LogP contribution in [0.2, 0.25) is 0 Å². The highest BCUT2D eigenvalue weighted by molar-refractivity contribution is 9.10. The summed E-state index contributed by atoms with van der Waals surface area (Å²) in [4.78, 5) is 0. The first-order valence-electron chi connectivity index (χ1n) is 4.91. The summed E-state index contributed by atoms with van der Waals surface area (Å²) in [5.41, 5.74) is 3.25. The smallest absolute Gasteiger partial charge is 0.134 e. The van der Waals surface area contributed by atoms with E-state index in [0.29, 0.717) is 12.3 Å². The highest BCUT2D eigenvalue weighted by atomic mass is 79.9. The Hall–Kier alpha value is -1.00. The molecule has 0 fully saturated rings. The van der Waals surface area contributed by atoms with Crippen LogP contribution < -0.4 is 5.32 Å². The highest BCUT2D eigenvalue weighted by Crippen LogP contribution is 2.28. The van der Waals surface area contributed by atoms with Crippen LogP contribution in [0.4, 0.5) is 5.69 Å². The van der Waals surface area contributed by atoms with Gasteiger partial charge in [-0.15, -0.1) is 11.3 Å². The number of thiophene rings is 1. The van der Waals surface area contributed by atoms with Crippen molar-refractivity contribution in [3.8, 4) is 5.75 Å². The van der Waals surface area contributed by atoms with Crippen molar-refractivity contribution in [1.82, 2.24) is 0 Å². The molecule has 2 N–H and O–H groups in total. The second-order valence-electron chi connectivity index (χ2n) is 3.57. The fourth-order valence-electron chi connectivity index (χ4n) is 1.43. The number of nitrogens with one attached hydrogen (secondary N) is 1. The molecule has 0 saturated carbocycles. The molecule has 1 aromatic heterocycles. The van der Waals surface area contributed by atoms with Crippen molar-refractivity contribution < 1.29 is 5.11 Å². The highest BCUT2D eigenvalue weighted by Gasteiger charge is 2.05. The van der Waals surface area contributed by atoms with Crippen LogP contribution in [0.3, 0.4) is 0 Å². The van der Waals surface area contributed by atoms with E-state index in [9.17, 15) is 5.11 Å². The minimum atomic E-state index is 0.308. The van der Waals surface area contributed by atoms with Gasteiger partial charge in [0, 0.05) is 23.2 Å². The molecule has 2 aromatic rings. The van der Waals surface area contributed by atoms with Crippen LogP contribution in [0.25, 0.3) is 0 Å². The maximum absolute atomic E-state index is 9.81. The Morgan fingerprint density at radius 2 is 2.19 bits per heavy atom. The van der Waals surface area contributed by atoms with Gasteiger partial charge in [0.25, 0.3) is 0 Å². The number of phenols is 1. The van der Waals surface area contributed by atoms with Crippen LogP contribution >= 0.6 is 27.3 Å². The van der Waals surface area contributed by atoms with E-state index in [4.69, 9.17) is 0 Å². The van der Waals surface area contributed by atoms with Gasteiger partial charge in [-0.05, 0) is 39.9 Å². The van der Waals surface area contributed by atoms with Crippen molar-refractivity contribution >= 4 is 33.0 Å². The van der Waals surface area contributed by atoms with Crippen molar-refractivity contribution in [3.05, 3.63) is 44.6 Å². The molecule has 1 heterocycles. The molecular formula is C12H12BrNOS. The van der Waals surface area contributed by atoms with Gasteiger partial charge in [0.1, 0.15) is 5.75 Å². The van der Waals surface area contributed by atoms with Gasteiger partial charge in [-0.25, -0.2) is 0 Å². The predicted octanol–water partition coefficient (Wildman–Crippen LogP) is 4.14. The first-order valence-corrected chi connectivity index (χ1v) is 6.65. The Morgan fingerprint density at radius 1 is 1.38 bits per heavy atom. The van der Waals surface area contributed by atoms with Crippen molar-refractivity contribution in [2.45, 2.75) is 13.5 Å². The van der Waals surface area contributed by atoms with E-state index in [1.54, 1.807) is 11.3 Å². The Morgan fingerprint density at radius 3 is 2.88 bits per heavy atom. The van der Waals surface area contributed by atoms with Crippen molar-refractivity contribution in [1.29, 1.82) is 0 Å². The molecule has 0 amide bonds. The standard InChI is InChI=1S/C12H12BrNOS/c1-8-6-16-7-11(8)14-5-9-3-2-4-10(13)12(9)15/h2-4,6-7,14-15H,5H2,1H3. The summed E-state index contributed by atoms with van der Waals surface area (Å²) in [7, 11) is 0. The molecule has 16 heavy (non-hydrogen) atoms. The Labute approximate surface area is 107 Å². The van der Waals surface area contributed by atoms with Crippen LogP contribution in [0.5, 0.6) is 5.75 Å². The minimum absolute atomic E-state index is 0.308. The molecule has 0 spiro atoms. The summed E-state index contributed by atoms with van der Waals surface area (Å²) in [5, 5.41) is 17.3. The second kappa shape index (κ2) is 4.89. The quantitative estimate of drug-likeness (QED) is 0.892. The average Bonchev–Trinajstić information content (AvgIpc) is 2.67. The van der Waals surface area contributed by atoms with E-state index in [0.717, 1.165) is 15.7 Å². The summed E-state index contributed by atoms with van der Waals surface area (Å²) >= 11 is 4.98. The molecule has 0 atom stereocenters. The molecular weight excluding hydrogens is 286 g/mol. The predicted molar refractivity (Wildman–Crippen MR) is 72.2 cm³/mol. The fourth-order valence-corrected chi connectivity index (χ4v) is 2.65. The zero-order chi connectivity index (χ0) is 11.5. The Kier molecular flexibility index (Phi) is 3.51. The van der Waals surface area contributed by atoms with Crippen molar-refractivity contribution in [2.75, 3.05) is 5.32 Å².